The third kappa shape index (κ3) is 7.04. The highest BCUT2D eigenvalue weighted by molar-refractivity contribution is 7.93. The minimum atomic E-state index is -4.14. The number of nitrogens with one attached hydrogen (secondary N) is 1. The molecule has 0 aliphatic rings. The number of sulfonamides is 1. The van der Waals surface area contributed by atoms with Gasteiger partial charge in [-0.25, -0.2) is 13.1 Å². The Morgan fingerprint density at radius 3 is 2.23 bits per heavy atom. The van der Waals surface area contributed by atoms with E-state index in [0.29, 0.717) is 29.0 Å². The Balaban J connectivity index is 1.90. The number of hydrogen-bond acceptors (Lipinski definition) is 5. The lowest BCUT2D eigenvalue weighted by atomic mass is 9.95. The minimum Gasteiger partial charge on any atom is -0.399 e. The number of nitrogen functional groups attached to an aromatic ring is 1. The second kappa shape index (κ2) is 11.5. The number of nitrogens with two attached hydrogens (primary N) is 1. The number of para-hydroxylation sites is 1. The Hall–Kier alpha value is -3.91. The Kier molecular flexibility index (Phi) is 8.43. The number of nitrogens with zero attached hydrogens (tertiary/aromatic N) is 1. The lowest BCUT2D eigenvalue weighted by Crippen LogP contribution is -2.46. The summed E-state index contributed by atoms with van der Waals surface area (Å²) in [4.78, 5) is 28.2. The lowest BCUT2D eigenvalue weighted by molar-refractivity contribution is -0.132. The molecule has 0 heterocycles. The number of hydrogen-bond donors (Lipinski definition) is 2. The van der Waals surface area contributed by atoms with Crippen LogP contribution in [0.15, 0.2) is 84.3 Å². The molecule has 1 atom stereocenters. The highest BCUT2D eigenvalue weighted by atomic mass is 32.2. The molecule has 0 fully saturated rings. The summed E-state index contributed by atoms with van der Waals surface area (Å²) in [5.74, 6) is -2.68. The summed E-state index contributed by atoms with van der Waals surface area (Å²) in [6.07, 6.45) is 1.38. The fourth-order valence-electron chi connectivity index (χ4n) is 3.58. The average Bonchev–Trinajstić information content (AvgIpc) is 2.85. The molecule has 0 saturated carbocycles. The van der Waals surface area contributed by atoms with E-state index in [9.17, 15) is 18.0 Å². The van der Waals surface area contributed by atoms with Crippen LogP contribution in [0.25, 0.3) is 6.08 Å². The molecule has 0 aliphatic carbocycles. The van der Waals surface area contributed by atoms with Crippen LogP contribution in [-0.2, 0) is 26.0 Å². The largest absolute Gasteiger partial charge is 0.399 e. The van der Waals surface area contributed by atoms with Gasteiger partial charge in [0.2, 0.25) is 11.8 Å². The molecule has 0 bridgehead atoms. The minimum absolute atomic E-state index is 0.00357. The van der Waals surface area contributed by atoms with Gasteiger partial charge in [0, 0.05) is 17.9 Å². The van der Waals surface area contributed by atoms with Crippen molar-refractivity contribution in [1.82, 2.24) is 4.72 Å². The molecule has 3 aromatic carbocycles. The molecule has 0 radical (unpaired) electrons. The van der Waals surface area contributed by atoms with Gasteiger partial charge in [0.1, 0.15) is 5.92 Å². The maximum Gasteiger partial charge on any atom is 0.257 e. The molecular formula is C27H29N3O4S. The molecule has 1 unspecified atom stereocenters. The monoisotopic (exact) mass is 491 g/mol. The summed E-state index contributed by atoms with van der Waals surface area (Å²) >= 11 is 0. The van der Waals surface area contributed by atoms with Crippen LogP contribution in [0, 0.1) is 12.8 Å². The van der Waals surface area contributed by atoms with Gasteiger partial charge in [-0.1, -0.05) is 60.7 Å². The van der Waals surface area contributed by atoms with Crippen molar-refractivity contribution in [2.45, 2.75) is 20.3 Å². The molecule has 8 heteroatoms. The van der Waals surface area contributed by atoms with E-state index in [2.05, 4.69) is 4.72 Å². The molecule has 7 nitrogen and oxygen atoms in total. The molecule has 3 rings (SSSR count). The van der Waals surface area contributed by atoms with E-state index in [0.717, 1.165) is 11.0 Å². The van der Waals surface area contributed by atoms with Crippen LogP contribution in [0.3, 0.4) is 0 Å². The van der Waals surface area contributed by atoms with Gasteiger partial charge in [-0.15, -0.1) is 0 Å². The average molecular weight is 492 g/mol. The van der Waals surface area contributed by atoms with Crippen LogP contribution in [-0.4, -0.2) is 26.8 Å². The molecular weight excluding hydrogens is 462 g/mol. The van der Waals surface area contributed by atoms with E-state index in [-0.39, 0.29) is 6.42 Å². The zero-order chi connectivity index (χ0) is 25.4. The van der Waals surface area contributed by atoms with E-state index in [1.54, 1.807) is 73.7 Å². The summed E-state index contributed by atoms with van der Waals surface area (Å²) in [5, 5.41) is 0.917. The molecule has 0 aliphatic heterocycles. The Morgan fingerprint density at radius 1 is 1.00 bits per heavy atom. The molecule has 0 saturated heterocycles. The van der Waals surface area contributed by atoms with Gasteiger partial charge < -0.3 is 10.6 Å². The first-order chi connectivity index (χ1) is 16.7. The quantitative estimate of drug-likeness (QED) is 0.348. The third-order valence-corrected chi connectivity index (χ3v) is 6.51. The topological polar surface area (TPSA) is 110 Å². The zero-order valence-electron chi connectivity index (χ0n) is 19.7. The smallest absolute Gasteiger partial charge is 0.257 e. The SMILES string of the molecule is CCN(C(=O)C(Cc1ccc(C)c(N)c1)C(=O)NS(=O)(=O)/C=C/c1ccccc1)c1ccccc1. The van der Waals surface area contributed by atoms with Crippen molar-refractivity contribution in [3.8, 4) is 0 Å². The van der Waals surface area contributed by atoms with E-state index in [1.807, 2.05) is 19.1 Å². The molecule has 0 aromatic heterocycles. The second-order valence-corrected chi connectivity index (χ2v) is 9.66. The van der Waals surface area contributed by atoms with Crippen molar-refractivity contribution in [3.05, 3.63) is 101 Å². The van der Waals surface area contributed by atoms with Gasteiger partial charge in [-0.3, -0.25) is 9.59 Å². The fraction of sp³-hybridized carbons (Fsp3) is 0.185. The Morgan fingerprint density at radius 2 is 1.63 bits per heavy atom. The number of aryl methyl sites for hydroxylation is 1. The summed E-state index contributed by atoms with van der Waals surface area (Å²) in [6.45, 7) is 3.96. The van der Waals surface area contributed by atoms with Crippen molar-refractivity contribution in [3.63, 3.8) is 0 Å². The summed E-state index contributed by atoms with van der Waals surface area (Å²) in [6, 6.07) is 23.1. The highest BCUT2D eigenvalue weighted by Crippen LogP contribution is 2.21. The maximum absolute atomic E-state index is 13.6. The van der Waals surface area contributed by atoms with Gasteiger partial charge >= 0.3 is 0 Å². The van der Waals surface area contributed by atoms with E-state index >= 15 is 0 Å². The lowest BCUT2D eigenvalue weighted by Gasteiger charge is -2.26. The Labute approximate surface area is 206 Å². The molecule has 2 amide bonds. The van der Waals surface area contributed by atoms with Gasteiger partial charge in [0.05, 0.1) is 5.41 Å². The van der Waals surface area contributed by atoms with Crippen LogP contribution in [0.4, 0.5) is 11.4 Å². The number of benzene rings is 3. The summed E-state index contributed by atoms with van der Waals surface area (Å²) in [7, 11) is -4.14. The van der Waals surface area contributed by atoms with Crippen LogP contribution >= 0.6 is 0 Å². The first-order valence-electron chi connectivity index (χ1n) is 11.2. The first-order valence-corrected chi connectivity index (χ1v) is 12.8. The molecule has 0 spiro atoms. The number of amides is 2. The number of anilines is 2. The standard InChI is InChI=1S/C27H29N3O4S/c1-3-30(23-12-8-5-9-13-23)27(32)24(18-22-15-14-20(2)25(28)19-22)26(31)29-35(33,34)17-16-21-10-6-4-7-11-21/h4-17,19,24H,3,18,28H2,1-2H3,(H,29,31)/b17-16+. The number of carbonyl (C=O) groups excluding carboxylic acids is 2. The van der Waals surface area contributed by atoms with Gasteiger partial charge in [-0.05, 0) is 61.2 Å². The normalized spacial score (nSPS) is 12.3. The van der Waals surface area contributed by atoms with Crippen molar-refractivity contribution >= 4 is 39.3 Å². The first kappa shape index (κ1) is 25.7. The molecule has 3 aromatic rings. The van der Waals surface area contributed by atoms with Crippen molar-refractivity contribution in [2.24, 2.45) is 5.92 Å². The van der Waals surface area contributed by atoms with Crippen molar-refractivity contribution in [1.29, 1.82) is 0 Å². The predicted octanol–water partition coefficient (Wildman–Crippen LogP) is 3.91. The Bertz CT molecular complexity index is 1310. The van der Waals surface area contributed by atoms with E-state index in [1.165, 1.54) is 11.0 Å². The molecule has 3 N–H and O–H groups in total. The molecule has 182 valence electrons. The van der Waals surface area contributed by atoms with Gasteiger partial charge in [-0.2, -0.15) is 0 Å². The van der Waals surface area contributed by atoms with Crippen LogP contribution in [0.5, 0.6) is 0 Å². The second-order valence-electron chi connectivity index (χ2n) is 8.09. The van der Waals surface area contributed by atoms with Gasteiger partial charge in [0.15, 0.2) is 0 Å². The maximum atomic E-state index is 13.6. The molecule has 35 heavy (non-hydrogen) atoms. The van der Waals surface area contributed by atoms with Crippen LogP contribution < -0.4 is 15.4 Å². The summed E-state index contributed by atoms with van der Waals surface area (Å²) in [5.41, 5.74) is 9.36. The predicted molar refractivity (Wildman–Crippen MR) is 140 cm³/mol. The van der Waals surface area contributed by atoms with Crippen molar-refractivity contribution in [2.75, 3.05) is 17.2 Å². The summed E-state index contributed by atoms with van der Waals surface area (Å²) < 4.78 is 27.3. The van der Waals surface area contributed by atoms with E-state index in [4.69, 9.17) is 5.73 Å². The third-order valence-electron chi connectivity index (χ3n) is 5.53. The van der Waals surface area contributed by atoms with Crippen molar-refractivity contribution < 1.29 is 18.0 Å². The number of rotatable bonds is 9. The van der Waals surface area contributed by atoms with Crippen LogP contribution in [0.1, 0.15) is 23.6 Å². The fourth-order valence-corrected chi connectivity index (χ4v) is 4.41. The zero-order valence-corrected chi connectivity index (χ0v) is 20.5. The highest BCUT2D eigenvalue weighted by Gasteiger charge is 2.33. The number of carbonyl (C=O) groups is 2. The van der Waals surface area contributed by atoms with E-state index < -0.39 is 27.8 Å². The van der Waals surface area contributed by atoms with Crippen LogP contribution in [0.2, 0.25) is 0 Å². The van der Waals surface area contributed by atoms with Gasteiger partial charge in [0.25, 0.3) is 10.0 Å².